The predicted molar refractivity (Wildman–Crippen MR) is 87.5 cm³/mol. The molecule has 0 aromatic heterocycles. The van der Waals surface area contributed by atoms with Crippen molar-refractivity contribution < 1.29 is 17.7 Å². The third-order valence-electron chi connectivity index (χ3n) is 3.32. The summed E-state index contributed by atoms with van der Waals surface area (Å²) >= 11 is 0. The molecule has 0 aliphatic rings. The molecular formula is C17H21FO3Si. The highest BCUT2D eigenvalue weighted by Gasteiger charge is 2.42. The molecule has 22 heavy (non-hydrogen) atoms. The molecule has 0 N–H and O–H groups in total. The summed E-state index contributed by atoms with van der Waals surface area (Å²) in [6.07, 6.45) is -0.00513. The quantitative estimate of drug-likeness (QED) is 0.764. The summed E-state index contributed by atoms with van der Waals surface area (Å²) in [6, 6.07) is 14.2. The van der Waals surface area contributed by atoms with E-state index < -0.39 is 8.80 Å². The Kier molecular flexibility index (Phi) is 5.47. The van der Waals surface area contributed by atoms with Gasteiger partial charge in [-0.2, -0.15) is 0 Å². The number of hydrogen-bond acceptors (Lipinski definition) is 3. The van der Waals surface area contributed by atoms with Crippen molar-refractivity contribution in [3.05, 3.63) is 54.3 Å². The van der Waals surface area contributed by atoms with Crippen molar-refractivity contribution in [1.29, 1.82) is 0 Å². The van der Waals surface area contributed by atoms with Crippen molar-refractivity contribution in [3.8, 4) is 11.1 Å². The summed E-state index contributed by atoms with van der Waals surface area (Å²) in [6.45, 7) is 3.89. The molecule has 0 fully saturated rings. The van der Waals surface area contributed by atoms with Crippen LogP contribution in [0.3, 0.4) is 0 Å². The zero-order valence-electron chi connectivity index (χ0n) is 13.3. The molecule has 2 rings (SSSR count). The number of benzene rings is 2. The highest BCUT2D eigenvalue weighted by atomic mass is 28.4. The second-order valence-corrected chi connectivity index (χ2v) is 7.96. The highest BCUT2D eigenvalue weighted by Crippen LogP contribution is 2.20. The Hall–Kier alpha value is -1.53. The van der Waals surface area contributed by atoms with Crippen molar-refractivity contribution >= 4 is 14.0 Å². The lowest BCUT2D eigenvalue weighted by Gasteiger charge is -2.28. The van der Waals surface area contributed by atoms with Gasteiger partial charge in [-0.15, -0.1) is 0 Å². The molecule has 0 amide bonds. The Balaban J connectivity index is 2.34. The first-order valence-corrected chi connectivity index (χ1v) is 8.88. The zero-order valence-corrected chi connectivity index (χ0v) is 14.3. The Morgan fingerprint density at radius 3 is 2.05 bits per heavy atom. The van der Waals surface area contributed by atoms with E-state index in [4.69, 9.17) is 13.3 Å². The normalized spacial score (nSPS) is 11.9. The molecule has 2 aromatic rings. The molecule has 0 atom stereocenters. The van der Waals surface area contributed by atoms with Gasteiger partial charge in [0.05, 0.1) is 0 Å². The Bertz CT molecular complexity index is 610. The first-order chi connectivity index (χ1) is 10.5. The van der Waals surface area contributed by atoms with Crippen molar-refractivity contribution in [2.24, 2.45) is 0 Å². The van der Waals surface area contributed by atoms with Crippen LogP contribution in [0.25, 0.3) is 11.1 Å². The summed E-state index contributed by atoms with van der Waals surface area (Å²) in [4.78, 5) is 0. The van der Waals surface area contributed by atoms with E-state index in [2.05, 4.69) is 0 Å². The highest BCUT2D eigenvalue weighted by molar-refractivity contribution is 6.75. The maximum atomic E-state index is 13.3. The first kappa shape index (κ1) is 16.8. The largest absolute Gasteiger partial charge is 0.536 e. The maximum Gasteiger partial charge on any atom is 0.536 e. The maximum absolute atomic E-state index is 13.3. The van der Waals surface area contributed by atoms with Crippen LogP contribution in [-0.4, -0.2) is 29.1 Å². The van der Waals surface area contributed by atoms with Gasteiger partial charge >= 0.3 is 8.80 Å². The smallest absolute Gasteiger partial charge is 0.373 e. The lowest BCUT2D eigenvalue weighted by atomic mass is 10.1. The van der Waals surface area contributed by atoms with E-state index in [1.165, 1.54) is 12.1 Å². The molecule has 118 valence electrons. The van der Waals surface area contributed by atoms with Gasteiger partial charge in [0, 0.05) is 25.5 Å². The van der Waals surface area contributed by atoms with Crippen LogP contribution in [0.15, 0.2) is 48.5 Å². The minimum atomic E-state index is -2.89. The van der Waals surface area contributed by atoms with E-state index >= 15 is 0 Å². The number of halogens is 1. The first-order valence-electron chi connectivity index (χ1n) is 7.15. The van der Waals surface area contributed by atoms with Crippen LogP contribution in [0.2, 0.25) is 0 Å². The fourth-order valence-corrected chi connectivity index (χ4v) is 4.49. The third-order valence-corrected chi connectivity index (χ3v) is 6.22. The second-order valence-electron chi connectivity index (χ2n) is 5.22. The molecule has 0 saturated carbocycles. The van der Waals surface area contributed by atoms with Crippen molar-refractivity contribution in [1.82, 2.24) is 0 Å². The van der Waals surface area contributed by atoms with Crippen LogP contribution in [0.1, 0.15) is 13.8 Å². The summed E-state index contributed by atoms with van der Waals surface area (Å²) < 4.78 is 30.4. The SMILES string of the molecule is CO[Si](OC)(OC(C)C)c1ccc(-c2cccc(F)c2)cc1. The number of hydrogen-bond donors (Lipinski definition) is 0. The van der Waals surface area contributed by atoms with Crippen molar-refractivity contribution in [2.75, 3.05) is 14.2 Å². The van der Waals surface area contributed by atoms with E-state index in [1.807, 2.05) is 44.2 Å². The molecule has 0 bridgehead atoms. The molecule has 0 heterocycles. The van der Waals surface area contributed by atoms with Crippen LogP contribution in [0, 0.1) is 5.82 Å². The lowest BCUT2D eigenvalue weighted by molar-refractivity contribution is 0.0838. The van der Waals surface area contributed by atoms with E-state index in [1.54, 1.807) is 20.3 Å². The van der Waals surface area contributed by atoms with Crippen molar-refractivity contribution in [3.63, 3.8) is 0 Å². The van der Waals surface area contributed by atoms with Crippen LogP contribution in [-0.2, 0) is 13.3 Å². The summed E-state index contributed by atoms with van der Waals surface area (Å²) in [5.41, 5.74) is 1.77. The van der Waals surface area contributed by atoms with Gasteiger partial charge in [0.25, 0.3) is 0 Å². The number of rotatable bonds is 6. The third kappa shape index (κ3) is 3.62. The standard InChI is InChI=1S/C17H21FO3Si/c1-13(2)21-22(19-3,20-4)17-10-8-14(9-11-17)15-6-5-7-16(18)12-15/h5-13H,1-4H3. The Morgan fingerprint density at radius 2 is 1.55 bits per heavy atom. The van der Waals surface area contributed by atoms with E-state index in [-0.39, 0.29) is 11.9 Å². The Labute approximate surface area is 132 Å². The van der Waals surface area contributed by atoms with Gasteiger partial charge in [0.15, 0.2) is 0 Å². The monoisotopic (exact) mass is 320 g/mol. The van der Waals surface area contributed by atoms with E-state index in [0.29, 0.717) is 0 Å². The van der Waals surface area contributed by atoms with Gasteiger partial charge in [-0.25, -0.2) is 4.39 Å². The van der Waals surface area contributed by atoms with E-state index in [9.17, 15) is 4.39 Å². The second kappa shape index (κ2) is 7.15. The molecule has 5 heteroatoms. The molecule has 0 aliphatic carbocycles. The topological polar surface area (TPSA) is 27.7 Å². The molecule has 0 aliphatic heterocycles. The van der Waals surface area contributed by atoms with Gasteiger partial charge in [-0.05, 0) is 37.1 Å². The molecule has 0 saturated heterocycles. The van der Waals surface area contributed by atoms with Crippen molar-refractivity contribution in [2.45, 2.75) is 20.0 Å². The van der Waals surface area contributed by atoms with Gasteiger partial charge in [-0.1, -0.05) is 36.4 Å². The van der Waals surface area contributed by atoms with Gasteiger partial charge in [-0.3, -0.25) is 0 Å². The molecule has 2 aromatic carbocycles. The van der Waals surface area contributed by atoms with Gasteiger partial charge in [0.2, 0.25) is 0 Å². The lowest BCUT2D eigenvalue weighted by Crippen LogP contribution is -2.56. The fourth-order valence-electron chi connectivity index (χ4n) is 2.33. The van der Waals surface area contributed by atoms with Crippen LogP contribution < -0.4 is 5.19 Å². The summed E-state index contributed by atoms with van der Waals surface area (Å²) in [5, 5.41) is 0.881. The molecule has 3 nitrogen and oxygen atoms in total. The van der Waals surface area contributed by atoms with Gasteiger partial charge < -0.3 is 13.3 Å². The molecule has 0 radical (unpaired) electrons. The average Bonchev–Trinajstić information content (AvgIpc) is 2.53. The molecule has 0 unspecified atom stereocenters. The van der Waals surface area contributed by atoms with Gasteiger partial charge in [0.1, 0.15) is 5.82 Å². The summed E-state index contributed by atoms with van der Waals surface area (Å²) in [5.74, 6) is -0.248. The molecular weight excluding hydrogens is 299 g/mol. The van der Waals surface area contributed by atoms with Crippen LogP contribution in [0.4, 0.5) is 4.39 Å². The van der Waals surface area contributed by atoms with Crippen LogP contribution >= 0.6 is 0 Å². The minimum absolute atomic E-state index is 0.00513. The Morgan fingerprint density at radius 1 is 0.909 bits per heavy atom. The summed E-state index contributed by atoms with van der Waals surface area (Å²) in [7, 11) is 0.300. The minimum Gasteiger partial charge on any atom is -0.373 e. The predicted octanol–water partition coefficient (Wildman–Crippen LogP) is 3.36. The fraction of sp³-hybridized carbons (Fsp3) is 0.294. The zero-order chi connectivity index (χ0) is 16.2. The van der Waals surface area contributed by atoms with E-state index in [0.717, 1.165) is 16.3 Å². The van der Waals surface area contributed by atoms with Crippen LogP contribution in [0.5, 0.6) is 0 Å². The average molecular weight is 320 g/mol. The molecule has 0 spiro atoms.